The maximum atomic E-state index is 12.7. The molecule has 1 amide bonds. The molecule has 1 N–H and O–H groups in total. The van der Waals surface area contributed by atoms with Gasteiger partial charge in [-0.2, -0.15) is 0 Å². The van der Waals surface area contributed by atoms with Crippen LogP contribution in [-0.4, -0.2) is 29.7 Å². The SMILES string of the molecule is COc1ccc(C(=O)Nc2cccc(-n3cnc4ccccc43)c2)cc1OC. The molecule has 6 nitrogen and oxygen atoms in total. The Morgan fingerprint density at radius 2 is 1.75 bits per heavy atom. The van der Waals surface area contributed by atoms with Crippen LogP contribution in [0.2, 0.25) is 0 Å². The van der Waals surface area contributed by atoms with Crippen LogP contribution in [-0.2, 0) is 0 Å². The molecule has 28 heavy (non-hydrogen) atoms. The Morgan fingerprint density at radius 3 is 2.57 bits per heavy atom. The van der Waals surface area contributed by atoms with Gasteiger partial charge < -0.3 is 14.8 Å². The Morgan fingerprint density at radius 1 is 0.929 bits per heavy atom. The van der Waals surface area contributed by atoms with E-state index < -0.39 is 0 Å². The number of nitrogens with zero attached hydrogens (tertiary/aromatic N) is 2. The van der Waals surface area contributed by atoms with Crippen molar-refractivity contribution in [1.82, 2.24) is 9.55 Å². The average molecular weight is 373 g/mol. The van der Waals surface area contributed by atoms with E-state index in [0.717, 1.165) is 16.7 Å². The van der Waals surface area contributed by atoms with E-state index in [-0.39, 0.29) is 5.91 Å². The van der Waals surface area contributed by atoms with Crippen LogP contribution in [0.5, 0.6) is 11.5 Å². The monoisotopic (exact) mass is 373 g/mol. The van der Waals surface area contributed by atoms with E-state index in [1.165, 1.54) is 0 Å². The fraction of sp³-hybridized carbons (Fsp3) is 0.0909. The first-order chi connectivity index (χ1) is 13.7. The van der Waals surface area contributed by atoms with E-state index in [9.17, 15) is 4.79 Å². The molecule has 4 rings (SSSR count). The number of imidazole rings is 1. The van der Waals surface area contributed by atoms with E-state index in [1.807, 2.05) is 53.1 Å². The van der Waals surface area contributed by atoms with Crippen molar-refractivity contribution in [3.05, 3.63) is 78.6 Å². The number of hydrogen-bond donors (Lipinski definition) is 1. The quantitative estimate of drug-likeness (QED) is 0.567. The summed E-state index contributed by atoms with van der Waals surface area (Å²) in [4.78, 5) is 17.1. The Kier molecular flexibility index (Phi) is 4.68. The molecule has 140 valence electrons. The number of carbonyl (C=O) groups excluding carboxylic acids is 1. The highest BCUT2D eigenvalue weighted by Crippen LogP contribution is 2.28. The molecule has 0 radical (unpaired) electrons. The van der Waals surface area contributed by atoms with Crippen LogP contribution >= 0.6 is 0 Å². The number of fused-ring (bicyclic) bond motifs is 1. The predicted molar refractivity (Wildman–Crippen MR) is 109 cm³/mol. The van der Waals surface area contributed by atoms with Crippen molar-refractivity contribution in [2.24, 2.45) is 0 Å². The minimum atomic E-state index is -0.228. The number of ether oxygens (including phenoxy) is 2. The maximum absolute atomic E-state index is 12.7. The van der Waals surface area contributed by atoms with Crippen LogP contribution in [0, 0.1) is 0 Å². The number of para-hydroxylation sites is 2. The lowest BCUT2D eigenvalue weighted by Crippen LogP contribution is -2.12. The van der Waals surface area contributed by atoms with Gasteiger partial charge in [-0.15, -0.1) is 0 Å². The first kappa shape index (κ1) is 17.6. The molecule has 1 aromatic heterocycles. The van der Waals surface area contributed by atoms with Gasteiger partial charge in [-0.05, 0) is 48.5 Å². The molecule has 0 spiro atoms. The summed E-state index contributed by atoms with van der Waals surface area (Å²) >= 11 is 0. The average Bonchev–Trinajstić information content (AvgIpc) is 3.17. The summed E-state index contributed by atoms with van der Waals surface area (Å²) in [5.41, 5.74) is 4.01. The van der Waals surface area contributed by atoms with Crippen LogP contribution < -0.4 is 14.8 Å². The third kappa shape index (κ3) is 3.27. The van der Waals surface area contributed by atoms with Crippen LogP contribution in [0.15, 0.2) is 73.1 Å². The zero-order chi connectivity index (χ0) is 19.5. The number of anilines is 1. The highest BCUT2D eigenvalue weighted by Gasteiger charge is 2.12. The largest absolute Gasteiger partial charge is 0.493 e. The lowest BCUT2D eigenvalue weighted by atomic mass is 10.1. The first-order valence-corrected chi connectivity index (χ1v) is 8.75. The smallest absolute Gasteiger partial charge is 0.255 e. The first-order valence-electron chi connectivity index (χ1n) is 8.75. The molecule has 6 heteroatoms. The highest BCUT2D eigenvalue weighted by atomic mass is 16.5. The maximum Gasteiger partial charge on any atom is 0.255 e. The molecule has 0 aliphatic rings. The van der Waals surface area contributed by atoms with E-state index >= 15 is 0 Å². The lowest BCUT2D eigenvalue weighted by molar-refractivity contribution is 0.102. The summed E-state index contributed by atoms with van der Waals surface area (Å²) in [7, 11) is 3.10. The second kappa shape index (κ2) is 7.44. The van der Waals surface area contributed by atoms with Gasteiger partial charge in [0.1, 0.15) is 6.33 Å². The summed E-state index contributed by atoms with van der Waals surface area (Å²) in [6.45, 7) is 0. The number of carbonyl (C=O) groups is 1. The van der Waals surface area contributed by atoms with Crippen molar-refractivity contribution >= 4 is 22.6 Å². The van der Waals surface area contributed by atoms with Crippen molar-refractivity contribution in [1.29, 1.82) is 0 Å². The van der Waals surface area contributed by atoms with Crippen molar-refractivity contribution in [3.63, 3.8) is 0 Å². The minimum absolute atomic E-state index is 0.228. The fourth-order valence-corrected chi connectivity index (χ4v) is 3.08. The van der Waals surface area contributed by atoms with Crippen LogP contribution in [0.25, 0.3) is 16.7 Å². The topological polar surface area (TPSA) is 65.4 Å². The summed E-state index contributed by atoms with van der Waals surface area (Å²) < 4.78 is 12.5. The zero-order valence-corrected chi connectivity index (χ0v) is 15.5. The van der Waals surface area contributed by atoms with E-state index in [0.29, 0.717) is 22.7 Å². The minimum Gasteiger partial charge on any atom is -0.493 e. The molecule has 0 aliphatic carbocycles. The van der Waals surface area contributed by atoms with Gasteiger partial charge in [0.2, 0.25) is 0 Å². The lowest BCUT2D eigenvalue weighted by Gasteiger charge is -2.11. The normalized spacial score (nSPS) is 10.6. The summed E-state index contributed by atoms with van der Waals surface area (Å²) in [5.74, 6) is 0.857. The second-order valence-electron chi connectivity index (χ2n) is 6.18. The number of benzene rings is 3. The summed E-state index contributed by atoms with van der Waals surface area (Å²) in [6.07, 6.45) is 1.78. The molecule has 0 saturated carbocycles. The molecular formula is C22H19N3O3. The van der Waals surface area contributed by atoms with Gasteiger partial charge >= 0.3 is 0 Å². The van der Waals surface area contributed by atoms with Crippen molar-refractivity contribution < 1.29 is 14.3 Å². The number of amides is 1. The molecule has 0 aliphatic heterocycles. The number of nitrogens with one attached hydrogen (secondary N) is 1. The Hall–Kier alpha value is -3.80. The van der Waals surface area contributed by atoms with Gasteiger partial charge in [0.05, 0.1) is 25.3 Å². The Balaban J connectivity index is 1.61. The van der Waals surface area contributed by atoms with E-state index in [2.05, 4.69) is 10.3 Å². The number of methoxy groups -OCH3 is 2. The van der Waals surface area contributed by atoms with Gasteiger partial charge in [0.15, 0.2) is 11.5 Å². The van der Waals surface area contributed by atoms with Crippen LogP contribution in [0.4, 0.5) is 5.69 Å². The fourth-order valence-electron chi connectivity index (χ4n) is 3.08. The molecular weight excluding hydrogens is 354 g/mol. The summed E-state index contributed by atoms with van der Waals surface area (Å²) in [5, 5.41) is 2.93. The van der Waals surface area contributed by atoms with Crippen molar-refractivity contribution in [3.8, 4) is 17.2 Å². The van der Waals surface area contributed by atoms with Gasteiger partial charge in [0, 0.05) is 16.9 Å². The summed E-state index contributed by atoms with van der Waals surface area (Å²) in [6, 6.07) is 20.6. The molecule has 3 aromatic carbocycles. The second-order valence-corrected chi connectivity index (χ2v) is 6.18. The molecule has 0 fully saturated rings. The Labute approximate surface area is 162 Å². The third-order valence-electron chi connectivity index (χ3n) is 4.48. The number of aromatic nitrogens is 2. The molecule has 4 aromatic rings. The highest BCUT2D eigenvalue weighted by molar-refractivity contribution is 6.04. The van der Waals surface area contributed by atoms with E-state index in [1.54, 1.807) is 38.7 Å². The van der Waals surface area contributed by atoms with Gasteiger partial charge in [0.25, 0.3) is 5.91 Å². The third-order valence-corrected chi connectivity index (χ3v) is 4.48. The molecule has 0 unspecified atom stereocenters. The number of rotatable bonds is 5. The molecule has 0 bridgehead atoms. The predicted octanol–water partition coefficient (Wildman–Crippen LogP) is 4.30. The molecule has 0 saturated heterocycles. The van der Waals surface area contributed by atoms with E-state index in [4.69, 9.17) is 9.47 Å². The van der Waals surface area contributed by atoms with Gasteiger partial charge in [-0.25, -0.2) is 4.98 Å². The number of hydrogen-bond acceptors (Lipinski definition) is 4. The van der Waals surface area contributed by atoms with Gasteiger partial charge in [-0.3, -0.25) is 9.36 Å². The Bertz CT molecular complexity index is 1150. The molecule has 0 atom stereocenters. The van der Waals surface area contributed by atoms with Gasteiger partial charge in [-0.1, -0.05) is 18.2 Å². The standard InChI is InChI=1S/C22H19N3O3/c1-27-20-11-10-15(12-21(20)28-2)22(26)24-16-6-5-7-17(13-16)25-14-23-18-8-3-4-9-19(18)25/h3-14H,1-2H3,(H,24,26). The zero-order valence-electron chi connectivity index (χ0n) is 15.5. The van der Waals surface area contributed by atoms with Crippen molar-refractivity contribution in [2.45, 2.75) is 0 Å². The van der Waals surface area contributed by atoms with Crippen molar-refractivity contribution in [2.75, 3.05) is 19.5 Å². The van der Waals surface area contributed by atoms with Crippen LogP contribution in [0.1, 0.15) is 10.4 Å². The molecule has 1 heterocycles. The van der Waals surface area contributed by atoms with Crippen LogP contribution in [0.3, 0.4) is 0 Å².